The molecule has 68 valence electrons. The predicted octanol–water partition coefficient (Wildman–Crippen LogP) is 1.92. The van der Waals surface area contributed by atoms with Crippen molar-refractivity contribution in [1.82, 2.24) is 14.1 Å². The molecule has 13 heavy (non-hydrogen) atoms. The molecule has 0 fully saturated rings. The third-order valence-corrected chi connectivity index (χ3v) is 2.37. The molecule has 0 unspecified atom stereocenters. The molecule has 2 aromatic rings. The summed E-state index contributed by atoms with van der Waals surface area (Å²) in [4.78, 5) is 4.20. The second kappa shape index (κ2) is 3.26. The molecule has 0 atom stereocenters. The van der Waals surface area contributed by atoms with Crippen LogP contribution in [0.1, 0.15) is 5.82 Å². The molecule has 0 bridgehead atoms. The summed E-state index contributed by atoms with van der Waals surface area (Å²) >= 11 is 5.86. The molecule has 0 aliphatic heterocycles. The zero-order chi connectivity index (χ0) is 9.26. The summed E-state index contributed by atoms with van der Waals surface area (Å²) in [5.41, 5.74) is 0. The Kier molecular flexibility index (Phi) is 2.10. The van der Waals surface area contributed by atoms with E-state index < -0.39 is 0 Å². The molecule has 0 saturated carbocycles. The van der Waals surface area contributed by atoms with Crippen LogP contribution in [0.3, 0.4) is 0 Å². The maximum atomic E-state index is 5.86. The molecule has 0 radical (unpaired) electrons. The van der Waals surface area contributed by atoms with Crippen molar-refractivity contribution in [1.29, 1.82) is 0 Å². The van der Waals surface area contributed by atoms with E-state index in [2.05, 4.69) is 9.55 Å². The maximum absolute atomic E-state index is 5.86. The third-order valence-electron chi connectivity index (χ3n) is 2.02. The van der Waals surface area contributed by atoms with Gasteiger partial charge >= 0.3 is 0 Å². The molecule has 0 spiro atoms. The fourth-order valence-electron chi connectivity index (χ4n) is 1.21. The van der Waals surface area contributed by atoms with Gasteiger partial charge in [-0.25, -0.2) is 4.98 Å². The third kappa shape index (κ3) is 1.60. The topological polar surface area (TPSA) is 22.8 Å². The number of aromatic nitrogens is 3. The lowest BCUT2D eigenvalue weighted by Gasteiger charge is -2.03. The van der Waals surface area contributed by atoms with Gasteiger partial charge in [0.25, 0.3) is 0 Å². The molecule has 3 nitrogen and oxygen atoms in total. The summed E-state index contributed by atoms with van der Waals surface area (Å²) in [6.45, 7) is 0.760. The van der Waals surface area contributed by atoms with Crippen molar-refractivity contribution in [3.05, 3.63) is 41.7 Å². The lowest BCUT2D eigenvalue weighted by atomic mass is 10.6. The van der Waals surface area contributed by atoms with Gasteiger partial charge in [-0.3, -0.25) is 0 Å². The Labute approximate surface area is 81.6 Å². The van der Waals surface area contributed by atoms with Gasteiger partial charge in [-0.15, -0.1) is 0 Å². The van der Waals surface area contributed by atoms with Crippen LogP contribution >= 0.6 is 11.6 Å². The SMILES string of the molecule is Cn1c(Cl)cnc1Cn1cccc1. The minimum absolute atomic E-state index is 0.669. The van der Waals surface area contributed by atoms with Crippen molar-refractivity contribution in [2.75, 3.05) is 0 Å². The van der Waals surface area contributed by atoms with E-state index in [1.54, 1.807) is 6.20 Å². The molecule has 0 N–H and O–H groups in total. The molecule has 0 amide bonds. The fraction of sp³-hybridized carbons (Fsp3) is 0.222. The Balaban J connectivity index is 2.24. The first-order valence-electron chi connectivity index (χ1n) is 4.04. The average Bonchev–Trinajstić information content (AvgIpc) is 2.71. The van der Waals surface area contributed by atoms with Gasteiger partial charge in [-0.2, -0.15) is 0 Å². The van der Waals surface area contributed by atoms with E-state index in [-0.39, 0.29) is 0 Å². The normalized spacial score (nSPS) is 10.6. The first-order chi connectivity index (χ1) is 6.27. The molecule has 0 saturated heterocycles. The lowest BCUT2D eigenvalue weighted by Crippen LogP contribution is -2.03. The number of hydrogen-bond acceptors (Lipinski definition) is 1. The van der Waals surface area contributed by atoms with Crippen LogP contribution in [0.4, 0.5) is 0 Å². The Hall–Kier alpha value is -1.22. The highest BCUT2D eigenvalue weighted by Gasteiger charge is 2.03. The van der Waals surface area contributed by atoms with Crippen molar-refractivity contribution in [2.24, 2.45) is 7.05 Å². The number of nitrogens with zero attached hydrogens (tertiary/aromatic N) is 3. The Morgan fingerprint density at radius 2 is 2.08 bits per heavy atom. The van der Waals surface area contributed by atoms with Crippen LogP contribution in [0.25, 0.3) is 0 Å². The first-order valence-corrected chi connectivity index (χ1v) is 4.42. The highest BCUT2D eigenvalue weighted by Crippen LogP contribution is 2.09. The van der Waals surface area contributed by atoms with Crippen molar-refractivity contribution in [2.45, 2.75) is 6.54 Å². The van der Waals surface area contributed by atoms with Crippen molar-refractivity contribution in [3.63, 3.8) is 0 Å². The summed E-state index contributed by atoms with van der Waals surface area (Å²) in [7, 11) is 1.91. The zero-order valence-electron chi connectivity index (χ0n) is 7.31. The molecular weight excluding hydrogens is 186 g/mol. The fourth-order valence-corrected chi connectivity index (χ4v) is 1.36. The van der Waals surface area contributed by atoms with E-state index in [0.717, 1.165) is 12.4 Å². The average molecular weight is 196 g/mol. The molecule has 0 aliphatic carbocycles. The van der Waals surface area contributed by atoms with Gasteiger partial charge in [0.2, 0.25) is 0 Å². The highest BCUT2D eigenvalue weighted by atomic mass is 35.5. The molecule has 0 aliphatic rings. The molecule has 2 rings (SSSR count). The second-order valence-corrected chi connectivity index (χ2v) is 3.30. The van der Waals surface area contributed by atoms with Gasteiger partial charge in [0.1, 0.15) is 11.0 Å². The largest absolute Gasteiger partial charge is 0.347 e. The Morgan fingerprint density at radius 1 is 1.38 bits per heavy atom. The summed E-state index contributed by atoms with van der Waals surface area (Å²) in [5.74, 6) is 0.959. The van der Waals surface area contributed by atoms with Crippen LogP contribution in [0.15, 0.2) is 30.7 Å². The molecule has 4 heteroatoms. The van der Waals surface area contributed by atoms with Gasteiger partial charge in [-0.05, 0) is 12.1 Å². The van der Waals surface area contributed by atoms with Gasteiger partial charge in [0.15, 0.2) is 0 Å². The van der Waals surface area contributed by atoms with E-state index in [9.17, 15) is 0 Å². The van der Waals surface area contributed by atoms with Crippen LogP contribution < -0.4 is 0 Å². The maximum Gasteiger partial charge on any atom is 0.129 e. The standard InChI is InChI=1S/C9H10ClN3/c1-12-8(10)6-11-9(12)7-13-4-2-3-5-13/h2-6H,7H2,1H3. The summed E-state index contributed by atoms with van der Waals surface area (Å²) < 4.78 is 3.93. The lowest BCUT2D eigenvalue weighted by molar-refractivity contribution is 0.703. The predicted molar refractivity (Wildman–Crippen MR) is 51.8 cm³/mol. The van der Waals surface area contributed by atoms with Gasteiger partial charge in [-0.1, -0.05) is 11.6 Å². The minimum Gasteiger partial charge on any atom is -0.347 e. The Morgan fingerprint density at radius 3 is 2.62 bits per heavy atom. The number of rotatable bonds is 2. The summed E-state index contributed by atoms with van der Waals surface area (Å²) in [5, 5.41) is 0.669. The van der Waals surface area contributed by atoms with Crippen LogP contribution in [0.5, 0.6) is 0 Å². The minimum atomic E-state index is 0.669. The van der Waals surface area contributed by atoms with Crippen LogP contribution in [-0.4, -0.2) is 14.1 Å². The second-order valence-electron chi connectivity index (χ2n) is 2.91. The van der Waals surface area contributed by atoms with E-state index in [1.165, 1.54) is 0 Å². The van der Waals surface area contributed by atoms with Gasteiger partial charge in [0.05, 0.1) is 12.7 Å². The summed E-state index contributed by atoms with van der Waals surface area (Å²) in [6.07, 6.45) is 5.67. The molecule has 0 aromatic carbocycles. The molecular formula is C9H10ClN3. The van der Waals surface area contributed by atoms with Crippen molar-refractivity contribution >= 4 is 11.6 Å². The van der Waals surface area contributed by atoms with Crippen LogP contribution in [0.2, 0.25) is 5.15 Å². The molecule has 2 aromatic heterocycles. The zero-order valence-corrected chi connectivity index (χ0v) is 8.07. The van der Waals surface area contributed by atoms with E-state index in [4.69, 9.17) is 11.6 Å². The number of halogens is 1. The van der Waals surface area contributed by atoms with E-state index >= 15 is 0 Å². The number of hydrogen-bond donors (Lipinski definition) is 0. The van der Waals surface area contributed by atoms with Crippen LogP contribution in [0, 0.1) is 0 Å². The highest BCUT2D eigenvalue weighted by molar-refractivity contribution is 6.29. The monoisotopic (exact) mass is 195 g/mol. The summed E-state index contributed by atoms with van der Waals surface area (Å²) in [6, 6.07) is 3.98. The van der Waals surface area contributed by atoms with E-state index in [0.29, 0.717) is 5.15 Å². The first kappa shape index (κ1) is 8.38. The van der Waals surface area contributed by atoms with Gasteiger partial charge < -0.3 is 9.13 Å². The van der Waals surface area contributed by atoms with E-state index in [1.807, 2.05) is 36.1 Å². The van der Waals surface area contributed by atoms with Crippen LogP contribution in [-0.2, 0) is 13.6 Å². The van der Waals surface area contributed by atoms with Gasteiger partial charge in [0, 0.05) is 19.4 Å². The number of imidazole rings is 1. The smallest absolute Gasteiger partial charge is 0.129 e. The molecule has 2 heterocycles. The Bertz CT molecular complexity index is 389. The quantitative estimate of drug-likeness (QED) is 0.718. The van der Waals surface area contributed by atoms with Crippen molar-refractivity contribution < 1.29 is 0 Å². The van der Waals surface area contributed by atoms with Crippen molar-refractivity contribution in [3.8, 4) is 0 Å².